The predicted octanol–water partition coefficient (Wildman–Crippen LogP) is 2.71. The number of hydrogen-bond acceptors (Lipinski definition) is 4. The Kier molecular flexibility index (Phi) is 5.56. The van der Waals surface area contributed by atoms with Crippen LogP contribution in [0.1, 0.15) is 15.9 Å². The summed E-state index contributed by atoms with van der Waals surface area (Å²) in [4.78, 5) is 39.9. The molecule has 0 unspecified atom stereocenters. The van der Waals surface area contributed by atoms with Gasteiger partial charge in [-0.2, -0.15) is 0 Å². The Hall–Kier alpha value is -3.06. The van der Waals surface area contributed by atoms with Crippen LogP contribution in [0.25, 0.3) is 0 Å². The fraction of sp³-hybridized carbons (Fsp3) is 0.250. The number of fused-ring (bicyclic) bond motifs is 1. The SMILES string of the molecule is Cc1c(Cl)cccc1NC(=O)CN1C(=O)COc2ccc(C(=O)N(C)C)cc21. The highest BCUT2D eigenvalue weighted by atomic mass is 35.5. The van der Waals surface area contributed by atoms with Crippen LogP contribution in [0.4, 0.5) is 11.4 Å². The zero-order chi connectivity index (χ0) is 20.4. The van der Waals surface area contributed by atoms with Gasteiger partial charge in [-0.1, -0.05) is 17.7 Å². The molecule has 1 aliphatic heterocycles. The molecule has 7 nitrogen and oxygen atoms in total. The maximum Gasteiger partial charge on any atom is 0.265 e. The molecular formula is C20H20ClN3O4. The molecule has 8 heteroatoms. The van der Waals surface area contributed by atoms with E-state index in [-0.39, 0.29) is 30.9 Å². The number of amides is 3. The van der Waals surface area contributed by atoms with Crippen LogP contribution in [0, 0.1) is 6.92 Å². The number of carbonyl (C=O) groups excluding carboxylic acids is 3. The van der Waals surface area contributed by atoms with Crippen LogP contribution in [-0.4, -0.2) is 49.9 Å². The smallest absolute Gasteiger partial charge is 0.265 e. The third-order valence-electron chi connectivity index (χ3n) is 4.40. The van der Waals surface area contributed by atoms with Crippen molar-refractivity contribution in [3.63, 3.8) is 0 Å². The first-order chi connectivity index (χ1) is 13.3. The lowest BCUT2D eigenvalue weighted by Crippen LogP contribution is -2.43. The first kappa shape index (κ1) is 19.7. The van der Waals surface area contributed by atoms with E-state index in [2.05, 4.69) is 5.32 Å². The summed E-state index contributed by atoms with van der Waals surface area (Å²) in [6.07, 6.45) is 0. The highest BCUT2D eigenvalue weighted by molar-refractivity contribution is 6.31. The molecule has 0 aliphatic carbocycles. The van der Waals surface area contributed by atoms with Gasteiger partial charge in [0.25, 0.3) is 11.8 Å². The lowest BCUT2D eigenvalue weighted by molar-refractivity contribution is -0.123. The molecule has 0 spiro atoms. The second kappa shape index (κ2) is 7.90. The van der Waals surface area contributed by atoms with E-state index in [1.807, 2.05) is 0 Å². The number of nitrogens with one attached hydrogen (secondary N) is 1. The van der Waals surface area contributed by atoms with Crippen molar-refractivity contribution in [3.8, 4) is 5.75 Å². The van der Waals surface area contributed by atoms with Crippen molar-refractivity contribution in [2.75, 3.05) is 37.5 Å². The van der Waals surface area contributed by atoms with Crippen molar-refractivity contribution in [3.05, 3.63) is 52.5 Å². The molecule has 146 valence electrons. The van der Waals surface area contributed by atoms with Gasteiger partial charge in [0.2, 0.25) is 5.91 Å². The number of ether oxygens (including phenoxy) is 1. The predicted molar refractivity (Wildman–Crippen MR) is 107 cm³/mol. The third-order valence-corrected chi connectivity index (χ3v) is 4.81. The van der Waals surface area contributed by atoms with Gasteiger partial charge in [0.15, 0.2) is 6.61 Å². The number of benzene rings is 2. The molecule has 0 saturated carbocycles. The molecule has 28 heavy (non-hydrogen) atoms. The van der Waals surface area contributed by atoms with E-state index < -0.39 is 0 Å². The van der Waals surface area contributed by atoms with E-state index in [0.717, 1.165) is 5.56 Å². The van der Waals surface area contributed by atoms with Crippen LogP contribution in [0.2, 0.25) is 5.02 Å². The van der Waals surface area contributed by atoms with Crippen molar-refractivity contribution in [1.82, 2.24) is 4.90 Å². The fourth-order valence-corrected chi connectivity index (χ4v) is 3.02. The minimum Gasteiger partial charge on any atom is -0.482 e. The van der Waals surface area contributed by atoms with Gasteiger partial charge in [-0.25, -0.2) is 0 Å². The molecular weight excluding hydrogens is 382 g/mol. The van der Waals surface area contributed by atoms with E-state index in [9.17, 15) is 14.4 Å². The summed E-state index contributed by atoms with van der Waals surface area (Å²) in [6.45, 7) is 1.42. The largest absolute Gasteiger partial charge is 0.482 e. The van der Waals surface area contributed by atoms with Crippen molar-refractivity contribution in [2.24, 2.45) is 0 Å². The average molecular weight is 402 g/mol. The van der Waals surface area contributed by atoms with Crippen LogP contribution in [-0.2, 0) is 9.59 Å². The van der Waals surface area contributed by atoms with Crippen LogP contribution in [0.15, 0.2) is 36.4 Å². The zero-order valence-electron chi connectivity index (χ0n) is 15.8. The highest BCUT2D eigenvalue weighted by Crippen LogP contribution is 2.33. The molecule has 1 aliphatic rings. The van der Waals surface area contributed by atoms with Crippen LogP contribution in [0.3, 0.4) is 0 Å². The van der Waals surface area contributed by atoms with Gasteiger partial charge < -0.3 is 15.0 Å². The summed E-state index contributed by atoms with van der Waals surface area (Å²) in [5.74, 6) is -0.503. The summed E-state index contributed by atoms with van der Waals surface area (Å²) in [5.41, 5.74) is 2.11. The van der Waals surface area contributed by atoms with E-state index >= 15 is 0 Å². The normalized spacial score (nSPS) is 12.9. The first-order valence-electron chi connectivity index (χ1n) is 8.61. The van der Waals surface area contributed by atoms with Crippen molar-refractivity contribution in [1.29, 1.82) is 0 Å². The molecule has 0 atom stereocenters. The van der Waals surface area contributed by atoms with E-state index in [1.54, 1.807) is 57.4 Å². The van der Waals surface area contributed by atoms with Crippen molar-refractivity contribution >= 4 is 40.7 Å². The lowest BCUT2D eigenvalue weighted by Gasteiger charge is -2.29. The Morgan fingerprint density at radius 2 is 2.00 bits per heavy atom. The summed E-state index contributed by atoms with van der Waals surface area (Å²) >= 11 is 6.08. The molecule has 1 N–H and O–H groups in total. The molecule has 3 rings (SSSR count). The van der Waals surface area contributed by atoms with Crippen LogP contribution < -0.4 is 15.0 Å². The van der Waals surface area contributed by atoms with Gasteiger partial charge >= 0.3 is 0 Å². The molecule has 0 radical (unpaired) electrons. The second-order valence-electron chi connectivity index (χ2n) is 6.61. The lowest BCUT2D eigenvalue weighted by atomic mass is 10.1. The first-order valence-corrected chi connectivity index (χ1v) is 8.99. The van der Waals surface area contributed by atoms with Crippen LogP contribution >= 0.6 is 11.6 Å². The van der Waals surface area contributed by atoms with Gasteiger partial charge in [0.1, 0.15) is 12.3 Å². The maximum absolute atomic E-state index is 12.6. The topological polar surface area (TPSA) is 79.0 Å². The highest BCUT2D eigenvalue weighted by Gasteiger charge is 2.28. The van der Waals surface area contributed by atoms with Gasteiger partial charge in [0, 0.05) is 30.4 Å². The fourth-order valence-electron chi connectivity index (χ4n) is 2.84. The number of carbonyl (C=O) groups is 3. The summed E-state index contributed by atoms with van der Waals surface area (Å²) in [6, 6.07) is 10.0. The van der Waals surface area contributed by atoms with E-state index in [0.29, 0.717) is 27.7 Å². The Morgan fingerprint density at radius 3 is 2.71 bits per heavy atom. The van der Waals surface area contributed by atoms with E-state index in [4.69, 9.17) is 16.3 Å². The Labute approximate surface area is 167 Å². The van der Waals surface area contributed by atoms with Gasteiger partial charge in [-0.3, -0.25) is 19.3 Å². The maximum atomic E-state index is 12.6. The minimum atomic E-state index is -0.379. The summed E-state index contributed by atoms with van der Waals surface area (Å²) < 4.78 is 5.43. The summed E-state index contributed by atoms with van der Waals surface area (Å²) in [5, 5.41) is 3.31. The Morgan fingerprint density at radius 1 is 1.25 bits per heavy atom. The van der Waals surface area contributed by atoms with Gasteiger partial charge in [-0.05, 0) is 42.8 Å². The molecule has 3 amide bonds. The van der Waals surface area contributed by atoms with Gasteiger partial charge in [0.05, 0.1) is 5.69 Å². The monoisotopic (exact) mass is 401 g/mol. The van der Waals surface area contributed by atoms with Gasteiger partial charge in [-0.15, -0.1) is 0 Å². The number of nitrogens with zero attached hydrogens (tertiary/aromatic N) is 2. The molecule has 2 aromatic carbocycles. The number of rotatable bonds is 4. The molecule has 0 bridgehead atoms. The zero-order valence-corrected chi connectivity index (χ0v) is 16.5. The molecule has 0 saturated heterocycles. The van der Waals surface area contributed by atoms with Crippen molar-refractivity contribution < 1.29 is 19.1 Å². The standard InChI is InChI=1S/C20H20ClN3O4/c1-12-14(21)5-4-6-15(12)22-18(25)10-24-16-9-13(20(27)23(2)3)7-8-17(16)28-11-19(24)26/h4-9H,10-11H2,1-3H3,(H,22,25). The van der Waals surface area contributed by atoms with Crippen molar-refractivity contribution in [2.45, 2.75) is 6.92 Å². The minimum absolute atomic E-state index is 0.169. The Balaban J connectivity index is 1.85. The second-order valence-corrected chi connectivity index (χ2v) is 7.02. The Bertz CT molecular complexity index is 958. The van der Waals surface area contributed by atoms with Crippen LogP contribution in [0.5, 0.6) is 5.75 Å². The third kappa shape index (κ3) is 3.94. The van der Waals surface area contributed by atoms with E-state index in [1.165, 1.54) is 9.80 Å². The molecule has 2 aromatic rings. The average Bonchev–Trinajstić information content (AvgIpc) is 2.66. The molecule has 0 aromatic heterocycles. The number of halogens is 1. The number of anilines is 2. The molecule has 0 fully saturated rings. The number of hydrogen-bond donors (Lipinski definition) is 1. The summed E-state index contributed by atoms with van der Waals surface area (Å²) in [7, 11) is 3.28. The quantitative estimate of drug-likeness (QED) is 0.854. The molecule has 1 heterocycles.